The first-order valence-electron chi connectivity index (χ1n) is 11.7. The molecule has 0 radical (unpaired) electrons. The van der Waals surface area contributed by atoms with Gasteiger partial charge in [0.05, 0.1) is 16.8 Å². The molecule has 5 rings (SSSR count). The Bertz CT molecular complexity index is 1240. The number of hydrogen-bond acceptors (Lipinski definition) is 5. The molecule has 2 aliphatic heterocycles. The van der Waals surface area contributed by atoms with Crippen molar-refractivity contribution < 1.29 is 9.59 Å². The second kappa shape index (κ2) is 9.90. The van der Waals surface area contributed by atoms with Crippen molar-refractivity contribution in [1.29, 1.82) is 0 Å². The molecule has 0 N–H and O–H groups in total. The predicted molar refractivity (Wildman–Crippen MR) is 137 cm³/mol. The number of piperazine rings is 1. The zero-order valence-electron chi connectivity index (χ0n) is 18.8. The summed E-state index contributed by atoms with van der Waals surface area (Å²) >= 11 is 12.1. The van der Waals surface area contributed by atoms with Crippen LogP contribution in [-0.4, -0.2) is 60.8 Å². The van der Waals surface area contributed by atoms with Crippen molar-refractivity contribution in [3.63, 3.8) is 0 Å². The molecule has 3 aromatic rings. The third-order valence-electron chi connectivity index (χ3n) is 6.68. The van der Waals surface area contributed by atoms with Gasteiger partial charge in [-0.2, -0.15) is 0 Å². The molecule has 34 heavy (non-hydrogen) atoms. The van der Waals surface area contributed by atoms with Crippen LogP contribution in [0, 0.1) is 0 Å². The average Bonchev–Trinajstić information content (AvgIpc) is 3.08. The fraction of sp³-hybridized carbons (Fsp3) is 0.346. The molecule has 6 nitrogen and oxygen atoms in total. The molecule has 1 saturated heterocycles. The molecular formula is C26H26Cl2N4O2. The monoisotopic (exact) mass is 496 g/mol. The lowest BCUT2D eigenvalue weighted by Gasteiger charge is -2.36. The summed E-state index contributed by atoms with van der Waals surface area (Å²) in [6.45, 7) is 5.60. The summed E-state index contributed by atoms with van der Waals surface area (Å²) in [5, 5.41) is 2.32. The summed E-state index contributed by atoms with van der Waals surface area (Å²) in [5.41, 5.74) is 3.24. The number of anilines is 2. The number of nitrogens with zero attached hydrogens (tertiary/aromatic N) is 4. The van der Waals surface area contributed by atoms with Crippen molar-refractivity contribution >= 4 is 57.2 Å². The van der Waals surface area contributed by atoms with E-state index in [-0.39, 0.29) is 0 Å². The van der Waals surface area contributed by atoms with Crippen molar-refractivity contribution in [2.24, 2.45) is 0 Å². The molecule has 0 atom stereocenters. The maximum absolute atomic E-state index is 12.3. The van der Waals surface area contributed by atoms with Crippen LogP contribution >= 0.6 is 23.2 Å². The van der Waals surface area contributed by atoms with E-state index < -0.39 is 11.7 Å². The van der Waals surface area contributed by atoms with E-state index >= 15 is 0 Å². The minimum atomic E-state index is -0.458. The Labute approximate surface area is 209 Å². The van der Waals surface area contributed by atoms with Gasteiger partial charge in [0.25, 0.3) is 11.7 Å². The van der Waals surface area contributed by atoms with Crippen LogP contribution in [0.1, 0.15) is 29.6 Å². The van der Waals surface area contributed by atoms with Crippen LogP contribution in [0.3, 0.4) is 0 Å². The Morgan fingerprint density at radius 1 is 0.794 bits per heavy atom. The van der Waals surface area contributed by atoms with Crippen LogP contribution in [0.15, 0.2) is 48.7 Å². The highest BCUT2D eigenvalue weighted by atomic mass is 35.5. The van der Waals surface area contributed by atoms with Crippen LogP contribution in [0.4, 0.5) is 11.4 Å². The Morgan fingerprint density at radius 2 is 1.53 bits per heavy atom. The number of rotatable bonds is 7. The number of benzene rings is 2. The van der Waals surface area contributed by atoms with E-state index in [0.717, 1.165) is 62.9 Å². The molecule has 0 spiro atoms. The van der Waals surface area contributed by atoms with Crippen molar-refractivity contribution in [3.8, 4) is 0 Å². The first-order chi connectivity index (χ1) is 16.5. The van der Waals surface area contributed by atoms with Gasteiger partial charge in [-0.25, -0.2) is 0 Å². The normalized spacial score (nSPS) is 16.5. The van der Waals surface area contributed by atoms with E-state index in [1.54, 1.807) is 23.1 Å². The maximum atomic E-state index is 12.3. The van der Waals surface area contributed by atoms with E-state index in [0.29, 0.717) is 27.8 Å². The highest BCUT2D eigenvalue weighted by Crippen LogP contribution is 2.31. The van der Waals surface area contributed by atoms with Gasteiger partial charge in [-0.15, -0.1) is 0 Å². The third-order valence-corrected chi connectivity index (χ3v) is 7.15. The van der Waals surface area contributed by atoms with E-state index in [9.17, 15) is 9.59 Å². The Kier molecular flexibility index (Phi) is 6.73. The number of amides is 1. The number of unbranched alkanes of at least 4 members (excludes halogenated alkanes) is 2. The molecule has 8 heteroatoms. The molecule has 0 unspecified atom stereocenters. The number of Topliss-reactive ketones (excluding diaryl/α,β-unsaturated/α-hetero) is 1. The van der Waals surface area contributed by atoms with E-state index in [1.807, 2.05) is 18.3 Å². The van der Waals surface area contributed by atoms with Gasteiger partial charge in [-0.05, 0) is 61.9 Å². The lowest BCUT2D eigenvalue weighted by molar-refractivity contribution is -0.114. The molecule has 1 fully saturated rings. The van der Waals surface area contributed by atoms with Gasteiger partial charge in [0.15, 0.2) is 0 Å². The van der Waals surface area contributed by atoms with Crippen molar-refractivity contribution in [1.82, 2.24) is 9.88 Å². The molecule has 0 aliphatic carbocycles. The topological polar surface area (TPSA) is 56.8 Å². The standard InChI is InChI=1S/C26H26Cl2N4O2/c27-18-5-7-24-21(16-18)25(33)26(34)32(24)11-3-1-2-10-30-12-14-31(15-13-30)23-8-9-29-22-17-19(28)4-6-20(22)23/h4-9,16-17H,1-3,10-15H2. The summed E-state index contributed by atoms with van der Waals surface area (Å²) in [6.07, 6.45) is 4.80. The number of carbonyl (C=O) groups excluding carboxylic acids is 2. The lowest BCUT2D eigenvalue weighted by atomic mass is 10.1. The molecule has 0 saturated carbocycles. The Balaban J connectivity index is 1.08. The summed E-state index contributed by atoms with van der Waals surface area (Å²) in [7, 11) is 0. The summed E-state index contributed by atoms with van der Waals surface area (Å²) in [5.74, 6) is -0.903. The first-order valence-corrected chi connectivity index (χ1v) is 12.4. The third kappa shape index (κ3) is 4.63. The van der Waals surface area contributed by atoms with E-state index in [4.69, 9.17) is 23.2 Å². The average molecular weight is 497 g/mol. The summed E-state index contributed by atoms with van der Waals surface area (Å²) < 4.78 is 0. The molecule has 1 amide bonds. The van der Waals surface area contributed by atoms with Crippen molar-refractivity contribution in [3.05, 3.63) is 64.3 Å². The smallest absolute Gasteiger partial charge is 0.299 e. The molecular weight excluding hydrogens is 471 g/mol. The SMILES string of the molecule is O=C1C(=O)N(CCCCCN2CCN(c3ccnc4cc(Cl)ccc34)CC2)c2ccc(Cl)cc21. The maximum Gasteiger partial charge on any atom is 0.299 e. The van der Waals surface area contributed by atoms with Crippen molar-refractivity contribution in [2.45, 2.75) is 19.3 Å². The van der Waals surface area contributed by atoms with Gasteiger partial charge < -0.3 is 9.80 Å². The first kappa shape index (κ1) is 23.1. The molecule has 3 heterocycles. The number of ketones is 1. The van der Waals surface area contributed by atoms with Crippen molar-refractivity contribution in [2.75, 3.05) is 49.1 Å². The van der Waals surface area contributed by atoms with Crippen LogP contribution in [0.25, 0.3) is 10.9 Å². The second-order valence-corrected chi connectivity index (χ2v) is 9.70. The molecule has 176 valence electrons. The van der Waals surface area contributed by atoms with Crippen LogP contribution in [0.2, 0.25) is 10.0 Å². The van der Waals surface area contributed by atoms with Gasteiger partial charge in [0, 0.05) is 60.0 Å². The molecule has 1 aromatic heterocycles. The quantitative estimate of drug-likeness (QED) is 0.337. The fourth-order valence-corrected chi connectivity index (χ4v) is 5.21. The van der Waals surface area contributed by atoms with Gasteiger partial charge in [0.2, 0.25) is 0 Å². The van der Waals surface area contributed by atoms with Crippen LogP contribution in [-0.2, 0) is 4.79 Å². The number of pyridine rings is 1. The van der Waals surface area contributed by atoms with Crippen LogP contribution in [0.5, 0.6) is 0 Å². The van der Waals surface area contributed by atoms with Gasteiger partial charge in [-0.3, -0.25) is 19.5 Å². The predicted octanol–water partition coefficient (Wildman–Crippen LogP) is 5.06. The van der Waals surface area contributed by atoms with Gasteiger partial charge in [-0.1, -0.05) is 29.6 Å². The zero-order valence-corrected chi connectivity index (χ0v) is 20.4. The largest absolute Gasteiger partial charge is 0.368 e. The minimum absolute atomic E-state index is 0.417. The number of hydrogen-bond donors (Lipinski definition) is 0. The minimum Gasteiger partial charge on any atom is -0.368 e. The van der Waals surface area contributed by atoms with E-state index in [1.165, 1.54) is 5.69 Å². The molecule has 2 aromatic carbocycles. The summed E-state index contributed by atoms with van der Waals surface area (Å²) in [4.78, 5) is 35.5. The van der Waals surface area contributed by atoms with E-state index in [2.05, 4.69) is 26.9 Å². The Hall–Kier alpha value is -2.67. The number of halogens is 2. The van der Waals surface area contributed by atoms with Gasteiger partial charge in [0.1, 0.15) is 0 Å². The molecule has 0 bridgehead atoms. The number of fused-ring (bicyclic) bond motifs is 2. The molecule has 2 aliphatic rings. The highest BCUT2D eigenvalue weighted by molar-refractivity contribution is 6.52. The van der Waals surface area contributed by atoms with Crippen LogP contribution < -0.4 is 9.80 Å². The Morgan fingerprint density at radius 3 is 2.35 bits per heavy atom. The second-order valence-electron chi connectivity index (χ2n) is 8.83. The van der Waals surface area contributed by atoms with Gasteiger partial charge >= 0.3 is 0 Å². The number of aromatic nitrogens is 1. The highest BCUT2D eigenvalue weighted by Gasteiger charge is 2.35. The fourth-order valence-electron chi connectivity index (χ4n) is 4.87. The summed E-state index contributed by atoms with van der Waals surface area (Å²) in [6, 6.07) is 13.0. The number of carbonyl (C=O) groups is 2. The zero-order chi connectivity index (χ0) is 23.7. The lowest BCUT2D eigenvalue weighted by Crippen LogP contribution is -2.46.